The second-order valence-corrected chi connectivity index (χ2v) is 6.57. The van der Waals surface area contributed by atoms with Crippen molar-refractivity contribution >= 4 is 11.6 Å². The van der Waals surface area contributed by atoms with Crippen LogP contribution in [0.5, 0.6) is 11.5 Å². The predicted molar refractivity (Wildman–Crippen MR) is 94.6 cm³/mol. The summed E-state index contributed by atoms with van der Waals surface area (Å²) in [7, 11) is 0. The van der Waals surface area contributed by atoms with Crippen LogP contribution in [0.1, 0.15) is 23.5 Å². The zero-order chi connectivity index (χ0) is 19.0. The van der Waals surface area contributed by atoms with Gasteiger partial charge in [-0.2, -0.15) is 0 Å². The van der Waals surface area contributed by atoms with Crippen molar-refractivity contribution in [1.29, 1.82) is 0 Å². The van der Waals surface area contributed by atoms with E-state index < -0.39 is 12.2 Å². The van der Waals surface area contributed by atoms with Crippen LogP contribution in [-0.4, -0.2) is 25.4 Å². The number of rotatable bonds is 5. The fraction of sp³-hybridized carbons (Fsp3) is 0.316. The van der Waals surface area contributed by atoms with Crippen LogP contribution >= 0.6 is 0 Å². The van der Waals surface area contributed by atoms with Gasteiger partial charge in [0.05, 0.1) is 6.61 Å². The Hall–Kier alpha value is -2.87. The van der Waals surface area contributed by atoms with Crippen molar-refractivity contribution in [2.45, 2.75) is 25.1 Å². The average molecular weight is 375 g/mol. The molecule has 0 radical (unpaired) electrons. The Labute approximate surface area is 154 Å². The summed E-state index contributed by atoms with van der Waals surface area (Å²) in [6.45, 7) is 0.767. The first-order valence-electron chi connectivity index (χ1n) is 8.70. The smallest absolute Gasteiger partial charge is 0.225 e. The van der Waals surface area contributed by atoms with Crippen molar-refractivity contribution in [3.8, 4) is 11.5 Å². The molecular formula is C19H19F2N3O3. The summed E-state index contributed by atoms with van der Waals surface area (Å²) in [6, 6.07) is 6.98. The normalized spacial score (nSPS) is 19.2. The van der Waals surface area contributed by atoms with E-state index in [0.29, 0.717) is 42.3 Å². The summed E-state index contributed by atoms with van der Waals surface area (Å²) in [4.78, 5) is 11.6. The molecule has 0 spiro atoms. The van der Waals surface area contributed by atoms with E-state index in [4.69, 9.17) is 15.2 Å². The fourth-order valence-corrected chi connectivity index (χ4v) is 3.48. The Balaban J connectivity index is 1.64. The van der Waals surface area contributed by atoms with Crippen LogP contribution in [0.4, 0.5) is 14.5 Å². The minimum Gasteiger partial charge on any atom is -0.493 e. The molecule has 1 amide bonds. The van der Waals surface area contributed by atoms with E-state index in [2.05, 4.69) is 10.6 Å². The van der Waals surface area contributed by atoms with E-state index >= 15 is 0 Å². The molecule has 4 rings (SSSR count). The molecule has 0 bridgehead atoms. The van der Waals surface area contributed by atoms with Crippen LogP contribution in [0.3, 0.4) is 0 Å². The fourth-order valence-electron chi connectivity index (χ4n) is 3.48. The van der Waals surface area contributed by atoms with Crippen molar-refractivity contribution < 1.29 is 23.0 Å². The molecule has 0 aliphatic carbocycles. The minimum atomic E-state index is -0.995. The van der Waals surface area contributed by atoms with Crippen LogP contribution < -0.4 is 25.8 Å². The number of halogens is 2. The quantitative estimate of drug-likeness (QED) is 0.698. The van der Waals surface area contributed by atoms with Gasteiger partial charge < -0.3 is 20.1 Å². The maximum atomic E-state index is 14.8. The first-order chi connectivity index (χ1) is 13.0. The van der Waals surface area contributed by atoms with Gasteiger partial charge in [0, 0.05) is 48.2 Å². The molecule has 8 heteroatoms. The molecule has 2 aromatic rings. The number of benzene rings is 2. The number of carbonyl (C=O) groups excluding carboxylic acids is 1. The lowest BCUT2D eigenvalue weighted by molar-refractivity contribution is -0.119. The van der Waals surface area contributed by atoms with Gasteiger partial charge in [-0.15, -0.1) is 0 Å². The van der Waals surface area contributed by atoms with Gasteiger partial charge in [-0.05, 0) is 24.3 Å². The molecule has 1 unspecified atom stereocenters. The highest BCUT2D eigenvalue weighted by atomic mass is 19.1. The Morgan fingerprint density at radius 1 is 1.30 bits per heavy atom. The number of carbonyl (C=O) groups is 1. The van der Waals surface area contributed by atoms with Gasteiger partial charge in [0.2, 0.25) is 12.3 Å². The third-order valence-corrected chi connectivity index (χ3v) is 4.72. The Morgan fingerprint density at radius 2 is 2.07 bits per heavy atom. The van der Waals surface area contributed by atoms with E-state index in [1.165, 1.54) is 30.3 Å². The highest BCUT2D eigenvalue weighted by molar-refractivity contribution is 5.80. The summed E-state index contributed by atoms with van der Waals surface area (Å²) >= 11 is 0. The lowest BCUT2D eigenvalue weighted by Gasteiger charge is -2.23. The van der Waals surface area contributed by atoms with Crippen LogP contribution in [0.2, 0.25) is 0 Å². The standard InChI is InChI=1S/C19H19F2N3O3/c20-11-1-3-12(4-2-11)24-19(22)27-18-13-5-6-26-15(13)8-14(21)17(18)10-7-16(25)23-9-10/h1-4,8,10,19,24H,5-7,9,22H2,(H,23,25)/t10-,19?/m0/s1. The van der Waals surface area contributed by atoms with Crippen LogP contribution in [0, 0.1) is 11.6 Å². The largest absolute Gasteiger partial charge is 0.493 e. The van der Waals surface area contributed by atoms with Crippen LogP contribution in [0.25, 0.3) is 0 Å². The molecule has 6 nitrogen and oxygen atoms in total. The molecule has 2 heterocycles. The number of nitrogens with one attached hydrogen (secondary N) is 2. The molecule has 142 valence electrons. The lowest BCUT2D eigenvalue weighted by atomic mass is 9.93. The minimum absolute atomic E-state index is 0.129. The van der Waals surface area contributed by atoms with Crippen LogP contribution in [0.15, 0.2) is 30.3 Å². The predicted octanol–water partition coefficient (Wildman–Crippen LogP) is 2.24. The van der Waals surface area contributed by atoms with Gasteiger partial charge in [0.1, 0.15) is 23.1 Å². The van der Waals surface area contributed by atoms with E-state index in [1.54, 1.807) is 0 Å². The molecule has 1 fully saturated rings. The molecule has 0 aromatic heterocycles. The first kappa shape index (κ1) is 17.5. The van der Waals surface area contributed by atoms with E-state index in [1.807, 2.05) is 0 Å². The summed E-state index contributed by atoms with van der Waals surface area (Å²) in [5.41, 5.74) is 7.67. The molecule has 2 aromatic carbocycles. The van der Waals surface area contributed by atoms with Crippen molar-refractivity contribution in [3.05, 3.63) is 53.1 Å². The van der Waals surface area contributed by atoms with Crippen molar-refractivity contribution in [2.24, 2.45) is 5.73 Å². The summed E-state index contributed by atoms with van der Waals surface area (Å²) in [6.07, 6.45) is -0.242. The molecule has 27 heavy (non-hydrogen) atoms. The highest BCUT2D eigenvalue weighted by Crippen LogP contribution is 2.43. The van der Waals surface area contributed by atoms with Crippen molar-refractivity contribution in [3.63, 3.8) is 0 Å². The Bertz CT molecular complexity index is 873. The first-order valence-corrected chi connectivity index (χ1v) is 8.70. The summed E-state index contributed by atoms with van der Waals surface area (Å²) in [5.74, 6) is -0.576. The molecular weight excluding hydrogens is 356 g/mol. The van der Waals surface area contributed by atoms with Crippen molar-refractivity contribution in [2.75, 3.05) is 18.5 Å². The molecule has 4 N–H and O–H groups in total. The Morgan fingerprint density at radius 3 is 2.78 bits per heavy atom. The number of nitrogens with two attached hydrogens (primary N) is 1. The van der Waals surface area contributed by atoms with Crippen LogP contribution in [-0.2, 0) is 11.2 Å². The summed E-state index contributed by atoms with van der Waals surface area (Å²) in [5, 5.41) is 5.61. The third-order valence-electron chi connectivity index (χ3n) is 4.72. The summed E-state index contributed by atoms with van der Waals surface area (Å²) < 4.78 is 39.2. The number of hydrogen-bond donors (Lipinski definition) is 3. The molecule has 2 aliphatic rings. The van der Waals surface area contributed by atoms with E-state index in [-0.39, 0.29) is 24.1 Å². The highest BCUT2D eigenvalue weighted by Gasteiger charge is 2.33. The number of ether oxygens (including phenoxy) is 2. The lowest BCUT2D eigenvalue weighted by Crippen LogP contribution is -2.36. The zero-order valence-corrected chi connectivity index (χ0v) is 14.4. The van der Waals surface area contributed by atoms with Gasteiger partial charge in [0.25, 0.3) is 0 Å². The second-order valence-electron chi connectivity index (χ2n) is 6.57. The second kappa shape index (κ2) is 7.03. The zero-order valence-electron chi connectivity index (χ0n) is 14.4. The number of amides is 1. The van der Waals surface area contributed by atoms with Gasteiger partial charge in [0.15, 0.2) is 0 Å². The van der Waals surface area contributed by atoms with Gasteiger partial charge in [-0.25, -0.2) is 8.78 Å². The monoisotopic (exact) mass is 375 g/mol. The SMILES string of the molecule is NC(Nc1ccc(F)cc1)Oc1c2c(cc(F)c1[C@@H]1CNC(=O)C1)OCC2. The third kappa shape index (κ3) is 3.52. The molecule has 2 aliphatic heterocycles. The molecule has 0 saturated carbocycles. The van der Waals surface area contributed by atoms with Crippen molar-refractivity contribution in [1.82, 2.24) is 5.32 Å². The van der Waals surface area contributed by atoms with Gasteiger partial charge in [-0.1, -0.05) is 0 Å². The van der Waals surface area contributed by atoms with Gasteiger partial charge in [-0.3, -0.25) is 10.5 Å². The maximum Gasteiger partial charge on any atom is 0.225 e. The van der Waals surface area contributed by atoms with E-state index in [0.717, 1.165) is 5.56 Å². The van der Waals surface area contributed by atoms with Gasteiger partial charge >= 0.3 is 0 Å². The molecule has 2 atom stereocenters. The molecule has 1 saturated heterocycles. The topological polar surface area (TPSA) is 85.6 Å². The van der Waals surface area contributed by atoms with E-state index in [9.17, 15) is 13.6 Å². The number of hydrogen-bond acceptors (Lipinski definition) is 5. The number of anilines is 1. The number of fused-ring (bicyclic) bond motifs is 1. The Kier molecular flexibility index (Phi) is 4.57. The average Bonchev–Trinajstić information content (AvgIpc) is 3.25. The maximum absolute atomic E-state index is 14.8.